The lowest BCUT2D eigenvalue weighted by molar-refractivity contribution is 0.199. The van der Waals surface area contributed by atoms with Gasteiger partial charge in [0.2, 0.25) is 0 Å². The molecule has 0 amide bonds. The van der Waals surface area contributed by atoms with Gasteiger partial charge in [0.25, 0.3) is 0 Å². The van der Waals surface area contributed by atoms with Crippen LogP contribution < -0.4 is 4.90 Å². The molecule has 0 fully saturated rings. The van der Waals surface area contributed by atoms with Crippen molar-refractivity contribution in [2.24, 2.45) is 5.92 Å². The Bertz CT molecular complexity index is 407. The van der Waals surface area contributed by atoms with Crippen LogP contribution >= 0.6 is 0 Å². The third-order valence-corrected chi connectivity index (χ3v) is 2.81. The highest BCUT2D eigenvalue weighted by Crippen LogP contribution is 2.26. The Morgan fingerprint density at radius 2 is 1.94 bits per heavy atom. The van der Waals surface area contributed by atoms with Crippen molar-refractivity contribution in [3.05, 3.63) is 29.8 Å². The van der Waals surface area contributed by atoms with Crippen LogP contribution in [0.3, 0.4) is 0 Å². The van der Waals surface area contributed by atoms with Crippen molar-refractivity contribution in [3.8, 4) is 6.07 Å². The Kier molecular flexibility index (Phi) is 5.67. The first-order valence-electron chi connectivity index (χ1n) is 6.45. The lowest BCUT2D eigenvalue weighted by atomic mass is 10.1. The smallest absolute Gasteiger partial charge is 0.0781 e. The number of hydrogen-bond acceptors (Lipinski definition) is 3. The number of nitrogens with zero attached hydrogens (tertiary/aromatic N) is 2. The topological polar surface area (TPSA) is 47.3 Å². The lowest BCUT2D eigenvalue weighted by Crippen LogP contribution is -2.29. The van der Waals surface area contributed by atoms with Gasteiger partial charge in [0.05, 0.1) is 18.6 Å². The van der Waals surface area contributed by atoms with Crippen LogP contribution in [0.15, 0.2) is 24.3 Å². The minimum Gasteiger partial charge on any atom is -0.389 e. The molecule has 0 aliphatic rings. The first-order chi connectivity index (χ1) is 8.56. The Balaban J connectivity index is 3.00. The molecular formula is C15H22N2O. The van der Waals surface area contributed by atoms with E-state index in [0.29, 0.717) is 18.9 Å². The second kappa shape index (κ2) is 7.03. The molecule has 1 aromatic carbocycles. The molecule has 0 radical (unpaired) electrons. The predicted molar refractivity (Wildman–Crippen MR) is 74.4 cm³/mol. The van der Waals surface area contributed by atoms with E-state index in [-0.39, 0.29) is 0 Å². The largest absolute Gasteiger partial charge is 0.389 e. The van der Waals surface area contributed by atoms with Gasteiger partial charge in [-0.2, -0.15) is 5.26 Å². The fourth-order valence-corrected chi connectivity index (χ4v) is 2.06. The Morgan fingerprint density at radius 1 is 1.28 bits per heavy atom. The first kappa shape index (κ1) is 14.5. The summed E-state index contributed by atoms with van der Waals surface area (Å²) in [6, 6.07) is 10.1. The molecule has 1 aromatic rings. The summed E-state index contributed by atoms with van der Waals surface area (Å²) in [5.41, 5.74) is 1.97. The standard InChI is InChI=1S/C15H22N2O/c1-12(2)11-17(10-6-9-16)15-8-5-4-7-14(15)13(3)18/h4-5,7-8,12-13,18H,6,10-11H2,1-3H3/t13-/m0/s1. The average Bonchev–Trinajstić information content (AvgIpc) is 2.34. The van der Waals surface area contributed by atoms with Crippen LogP contribution in [0.25, 0.3) is 0 Å². The molecule has 1 rings (SSSR count). The average molecular weight is 246 g/mol. The Morgan fingerprint density at radius 3 is 2.50 bits per heavy atom. The zero-order chi connectivity index (χ0) is 13.5. The zero-order valence-electron chi connectivity index (χ0n) is 11.4. The van der Waals surface area contributed by atoms with E-state index in [4.69, 9.17) is 5.26 Å². The molecule has 0 bridgehead atoms. The summed E-state index contributed by atoms with van der Waals surface area (Å²) in [6.07, 6.45) is 0.0128. The van der Waals surface area contributed by atoms with E-state index in [1.54, 1.807) is 6.92 Å². The van der Waals surface area contributed by atoms with Crippen LogP contribution in [-0.2, 0) is 0 Å². The number of anilines is 1. The normalized spacial score (nSPS) is 12.2. The maximum Gasteiger partial charge on any atom is 0.0781 e. The van der Waals surface area contributed by atoms with Gasteiger partial charge in [0, 0.05) is 24.3 Å². The number of aliphatic hydroxyl groups is 1. The van der Waals surface area contributed by atoms with Crippen LogP contribution in [0.5, 0.6) is 0 Å². The summed E-state index contributed by atoms with van der Waals surface area (Å²) in [5.74, 6) is 0.519. The molecule has 0 spiro atoms. The van der Waals surface area contributed by atoms with E-state index in [9.17, 15) is 5.11 Å². The highest BCUT2D eigenvalue weighted by atomic mass is 16.3. The van der Waals surface area contributed by atoms with Gasteiger partial charge in [0.1, 0.15) is 0 Å². The van der Waals surface area contributed by atoms with Gasteiger partial charge in [-0.25, -0.2) is 0 Å². The maximum atomic E-state index is 9.82. The number of para-hydroxylation sites is 1. The fourth-order valence-electron chi connectivity index (χ4n) is 2.06. The third kappa shape index (κ3) is 4.05. The molecule has 0 aliphatic heterocycles. The minimum absolute atomic E-state index is 0.488. The van der Waals surface area contributed by atoms with Gasteiger partial charge in [-0.15, -0.1) is 0 Å². The number of benzene rings is 1. The summed E-state index contributed by atoms with van der Waals surface area (Å²) in [6.45, 7) is 7.69. The Hall–Kier alpha value is -1.53. The summed E-state index contributed by atoms with van der Waals surface area (Å²) < 4.78 is 0. The molecule has 3 heteroatoms. The molecule has 3 nitrogen and oxygen atoms in total. The van der Waals surface area contributed by atoms with Crippen molar-refractivity contribution >= 4 is 5.69 Å². The zero-order valence-corrected chi connectivity index (χ0v) is 11.4. The highest BCUT2D eigenvalue weighted by Gasteiger charge is 2.14. The van der Waals surface area contributed by atoms with Crippen molar-refractivity contribution < 1.29 is 5.11 Å². The second-order valence-corrected chi connectivity index (χ2v) is 4.98. The molecular weight excluding hydrogens is 224 g/mol. The predicted octanol–water partition coefficient (Wildman–Crippen LogP) is 3.12. The van der Waals surface area contributed by atoms with Gasteiger partial charge >= 0.3 is 0 Å². The first-order valence-corrected chi connectivity index (χ1v) is 6.45. The number of aliphatic hydroxyl groups excluding tert-OH is 1. The van der Waals surface area contributed by atoms with E-state index in [0.717, 1.165) is 17.8 Å². The summed E-state index contributed by atoms with van der Waals surface area (Å²) in [7, 11) is 0. The molecule has 98 valence electrons. The van der Waals surface area contributed by atoms with Crippen LogP contribution in [-0.4, -0.2) is 18.2 Å². The van der Waals surface area contributed by atoms with E-state index in [1.165, 1.54) is 0 Å². The van der Waals surface area contributed by atoms with Gasteiger partial charge < -0.3 is 10.0 Å². The quantitative estimate of drug-likeness (QED) is 0.839. The van der Waals surface area contributed by atoms with Gasteiger partial charge in [-0.1, -0.05) is 32.0 Å². The molecule has 0 saturated carbocycles. The molecule has 18 heavy (non-hydrogen) atoms. The van der Waals surface area contributed by atoms with Crippen molar-refractivity contribution in [3.63, 3.8) is 0 Å². The molecule has 0 saturated heterocycles. The lowest BCUT2D eigenvalue weighted by Gasteiger charge is -2.28. The van der Waals surface area contributed by atoms with Crippen LogP contribution in [0.4, 0.5) is 5.69 Å². The highest BCUT2D eigenvalue weighted by molar-refractivity contribution is 5.54. The fraction of sp³-hybridized carbons (Fsp3) is 0.533. The molecule has 0 heterocycles. The van der Waals surface area contributed by atoms with E-state index < -0.39 is 6.10 Å². The third-order valence-electron chi connectivity index (χ3n) is 2.81. The van der Waals surface area contributed by atoms with Crippen LogP contribution in [0.2, 0.25) is 0 Å². The monoisotopic (exact) mass is 246 g/mol. The van der Waals surface area contributed by atoms with Crippen molar-refractivity contribution in [1.29, 1.82) is 5.26 Å². The second-order valence-electron chi connectivity index (χ2n) is 4.98. The van der Waals surface area contributed by atoms with E-state index in [2.05, 4.69) is 24.8 Å². The van der Waals surface area contributed by atoms with Crippen molar-refractivity contribution in [2.75, 3.05) is 18.0 Å². The molecule has 1 atom stereocenters. The maximum absolute atomic E-state index is 9.82. The number of hydrogen-bond donors (Lipinski definition) is 1. The summed E-state index contributed by atoms with van der Waals surface area (Å²) >= 11 is 0. The molecule has 1 N–H and O–H groups in total. The molecule has 0 aromatic heterocycles. The van der Waals surface area contributed by atoms with Crippen molar-refractivity contribution in [1.82, 2.24) is 0 Å². The Labute approximate surface area is 110 Å². The summed E-state index contributed by atoms with van der Waals surface area (Å²) in [4.78, 5) is 2.19. The number of nitriles is 1. The summed E-state index contributed by atoms with van der Waals surface area (Å²) in [5, 5.41) is 18.6. The van der Waals surface area contributed by atoms with Gasteiger partial charge in [-0.3, -0.25) is 0 Å². The molecule has 0 aliphatic carbocycles. The molecule has 0 unspecified atom stereocenters. The number of rotatable bonds is 6. The van der Waals surface area contributed by atoms with Gasteiger partial charge in [-0.05, 0) is 18.9 Å². The van der Waals surface area contributed by atoms with Crippen molar-refractivity contribution in [2.45, 2.75) is 33.3 Å². The van der Waals surface area contributed by atoms with E-state index in [1.807, 2.05) is 24.3 Å². The van der Waals surface area contributed by atoms with Gasteiger partial charge in [0.15, 0.2) is 0 Å². The van der Waals surface area contributed by atoms with Crippen LogP contribution in [0.1, 0.15) is 38.9 Å². The SMILES string of the molecule is CC(C)CN(CCC#N)c1ccccc1[C@H](C)O. The van der Waals surface area contributed by atoms with E-state index >= 15 is 0 Å². The minimum atomic E-state index is -0.488. The van der Waals surface area contributed by atoms with Crippen LogP contribution in [0, 0.1) is 17.2 Å².